The number of benzene rings is 3. The number of rotatable bonds is 7. The molecule has 0 radical (unpaired) electrons. The molecule has 0 aliphatic carbocycles. The van der Waals surface area contributed by atoms with Crippen LogP contribution in [0, 0.1) is 0 Å². The maximum atomic E-state index is 13.2. The van der Waals surface area contributed by atoms with Crippen molar-refractivity contribution in [2.24, 2.45) is 0 Å². The number of anilines is 1. The van der Waals surface area contributed by atoms with Crippen molar-refractivity contribution in [2.75, 3.05) is 25.6 Å². The SMILES string of the molecule is COc1ccccc1OCCNc1nc2ccccc2c(=O)n1-c1ccc(Br)cc1. The minimum absolute atomic E-state index is 0.129. The number of ether oxygens (including phenoxy) is 2. The Bertz CT molecular complexity index is 1220. The molecular formula is C23H20BrN3O3. The van der Waals surface area contributed by atoms with Crippen LogP contribution in [-0.2, 0) is 0 Å². The number of aromatic nitrogens is 2. The molecule has 0 aliphatic rings. The fourth-order valence-electron chi connectivity index (χ4n) is 3.14. The molecule has 0 amide bonds. The number of halogens is 1. The highest BCUT2D eigenvalue weighted by atomic mass is 79.9. The lowest BCUT2D eigenvalue weighted by atomic mass is 10.2. The van der Waals surface area contributed by atoms with E-state index in [4.69, 9.17) is 9.47 Å². The number of fused-ring (bicyclic) bond motifs is 1. The van der Waals surface area contributed by atoms with Crippen LogP contribution in [0.4, 0.5) is 5.95 Å². The summed E-state index contributed by atoms with van der Waals surface area (Å²) in [6, 6.07) is 22.3. The Labute approximate surface area is 182 Å². The number of hydrogen-bond acceptors (Lipinski definition) is 5. The summed E-state index contributed by atoms with van der Waals surface area (Å²) < 4.78 is 13.6. The molecule has 0 aliphatic heterocycles. The topological polar surface area (TPSA) is 65.4 Å². The standard InChI is InChI=1S/C23H20BrN3O3/c1-29-20-8-4-5-9-21(20)30-15-14-25-23-26-19-7-3-2-6-18(19)22(28)27(23)17-12-10-16(24)11-13-17/h2-13H,14-15H2,1H3,(H,25,26). The number of nitrogens with one attached hydrogen (secondary N) is 1. The van der Waals surface area contributed by atoms with E-state index < -0.39 is 0 Å². The predicted molar refractivity (Wildman–Crippen MR) is 122 cm³/mol. The summed E-state index contributed by atoms with van der Waals surface area (Å²) >= 11 is 3.43. The van der Waals surface area contributed by atoms with Gasteiger partial charge < -0.3 is 14.8 Å². The summed E-state index contributed by atoms with van der Waals surface area (Å²) in [5, 5.41) is 3.81. The molecule has 152 valence electrons. The maximum Gasteiger partial charge on any atom is 0.267 e. The van der Waals surface area contributed by atoms with E-state index >= 15 is 0 Å². The molecule has 0 saturated heterocycles. The molecule has 0 atom stereocenters. The highest BCUT2D eigenvalue weighted by molar-refractivity contribution is 9.10. The Morgan fingerprint density at radius 3 is 2.43 bits per heavy atom. The van der Waals surface area contributed by atoms with Gasteiger partial charge in [0.15, 0.2) is 11.5 Å². The molecule has 7 heteroatoms. The maximum absolute atomic E-state index is 13.2. The molecule has 0 fully saturated rings. The Kier molecular flexibility index (Phi) is 5.99. The van der Waals surface area contributed by atoms with Gasteiger partial charge in [-0.1, -0.05) is 40.2 Å². The van der Waals surface area contributed by atoms with Crippen LogP contribution in [-0.4, -0.2) is 29.8 Å². The largest absolute Gasteiger partial charge is 0.493 e. The van der Waals surface area contributed by atoms with Gasteiger partial charge in [-0.3, -0.25) is 4.79 Å². The fraction of sp³-hybridized carbons (Fsp3) is 0.130. The lowest BCUT2D eigenvalue weighted by molar-refractivity contribution is 0.305. The van der Waals surface area contributed by atoms with Crippen LogP contribution in [0.25, 0.3) is 16.6 Å². The van der Waals surface area contributed by atoms with Crippen LogP contribution >= 0.6 is 15.9 Å². The van der Waals surface area contributed by atoms with E-state index in [1.165, 1.54) is 0 Å². The zero-order valence-electron chi connectivity index (χ0n) is 16.3. The van der Waals surface area contributed by atoms with E-state index in [0.717, 1.165) is 10.2 Å². The third-order valence-electron chi connectivity index (χ3n) is 4.57. The summed E-state index contributed by atoms with van der Waals surface area (Å²) in [5.74, 6) is 1.80. The molecule has 3 aromatic carbocycles. The van der Waals surface area contributed by atoms with Gasteiger partial charge in [-0.05, 0) is 48.5 Å². The van der Waals surface area contributed by atoms with E-state index in [2.05, 4.69) is 26.2 Å². The summed E-state index contributed by atoms with van der Waals surface area (Å²) in [7, 11) is 1.61. The highest BCUT2D eigenvalue weighted by Gasteiger charge is 2.12. The third-order valence-corrected chi connectivity index (χ3v) is 5.10. The van der Waals surface area contributed by atoms with Gasteiger partial charge in [0, 0.05) is 4.47 Å². The van der Waals surface area contributed by atoms with Crippen LogP contribution in [0.5, 0.6) is 11.5 Å². The lowest BCUT2D eigenvalue weighted by Gasteiger charge is -2.16. The molecule has 6 nitrogen and oxygen atoms in total. The molecule has 1 aromatic heterocycles. The predicted octanol–water partition coefficient (Wildman–Crippen LogP) is 4.65. The molecular weight excluding hydrogens is 446 g/mol. The van der Waals surface area contributed by atoms with Gasteiger partial charge in [0.05, 0.1) is 30.2 Å². The van der Waals surface area contributed by atoms with Gasteiger partial charge in [0.1, 0.15) is 6.61 Å². The minimum Gasteiger partial charge on any atom is -0.493 e. The van der Waals surface area contributed by atoms with E-state index in [1.807, 2.05) is 66.7 Å². The Hall–Kier alpha value is -3.32. The van der Waals surface area contributed by atoms with Crippen LogP contribution in [0.2, 0.25) is 0 Å². The van der Waals surface area contributed by atoms with Crippen molar-refractivity contribution in [1.82, 2.24) is 9.55 Å². The molecule has 1 heterocycles. The van der Waals surface area contributed by atoms with Crippen molar-refractivity contribution in [1.29, 1.82) is 0 Å². The molecule has 30 heavy (non-hydrogen) atoms. The van der Waals surface area contributed by atoms with Gasteiger partial charge in [-0.25, -0.2) is 9.55 Å². The van der Waals surface area contributed by atoms with Crippen molar-refractivity contribution in [3.05, 3.63) is 87.6 Å². The first-order chi connectivity index (χ1) is 14.7. The second-order valence-corrected chi connectivity index (χ2v) is 7.41. The second-order valence-electron chi connectivity index (χ2n) is 6.50. The quantitative estimate of drug-likeness (QED) is 0.402. The molecule has 0 saturated carbocycles. The Morgan fingerprint density at radius 2 is 1.67 bits per heavy atom. The number of para-hydroxylation sites is 3. The average Bonchev–Trinajstić information content (AvgIpc) is 2.78. The van der Waals surface area contributed by atoms with Gasteiger partial charge in [0.2, 0.25) is 5.95 Å². The zero-order valence-corrected chi connectivity index (χ0v) is 17.9. The van der Waals surface area contributed by atoms with Gasteiger partial charge in [-0.15, -0.1) is 0 Å². The van der Waals surface area contributed by atoms with Crippen molar-refractivity contribution in [3.63, 3.8) is 0 Å². The normalized spacial score (nSPS) is 10.7. The van der Waals surface area contributed by atoms with Crippen LogP contribution in [0.1, 0.15) is 0 Å². The Morgan fingerprint density at radius 1 is 0.967 bits per heavy atom. The molecule has 0 bridgehead atoms. The van der Waals surface area contributed by atoms with E-state index in [-0.39, 0.29) is 5.56 Å². The summed E-state index contributed by atoms with van der Waals surface area (Å²) in [4.78, 5) is 17.9. The highest BCUT2D eigenvalue weighted by Crippen LogP contribution is 2.25. The molecule has 0 spiro atoms. The number of hydrogen-bond donors (Lipinski definition) is 1. The van der Waals surface area contributed by atoms with Gasteiger partial charge in [-0.2, -0.15) is 0 Å². The lowest BCUT2D eigenvalue weighted by Crippen LogP contribution is -2.25. The summed E-state index contributed by atoms with van der Waals surface area (Å²) in [5.41, 5.74) is 1.25. The fourth-order valence-corrected chi connectivity index (χ4v) is 3.41. The van der Waals surface area contributed by atoms with Gasteiger partial charge in [0.25, 0.3) is 5.56 Å². The van der Waals surface area contributed by atoms with Crippen molar-refractivity contribution < 1.29 is 9.47 Å². The first-order valence-electron chi connectivity index (χ1n) is 9.45. The van der Waals surface area contributed by atoms with Crippen molar-refractivity contribution >= 4 is 32.8 Å². The Balaban J connectivity index is 1.61. The van der Waals surface area contributed by atoms with E-state index in [1.54, 1.807) is 17.7 Å². The molecule has 0 unspecified atom stereocenters. The smallest absolute Gasteiger partial charge is 0.267 e. The molecule has 4 aromatic rings. The minimum atomic E-state index is -0.129. The zero-order chi connectivity index (χ0) is 20.9. The summed E-state index contributed by atoms with van der Waals surface area (Å²) in [6.45, 7) is 0.836. The first kappa shape index (κ1) is 20.0. The average molecular weight is 466 g/mol. The molecule has 1 N–H and O–H groups in total. The molecule has 4 rings (SSSR count). The monoisotopic (exact) mass is 465 g/mol. The van der Waals surface area contributed by atoms with Crippen LogP contribution in [0.3, 0.4) is 0 Å². The van der Waals surface area contributed by atoms with E-state index in [0.29, 0.717) is 41.5 Å². The summed E-state index contributed by atoms with van der Waals surface area (Å²) in [6.07, 6.45) is 0. The van der Waals surface area contributed by atoms with Crippen LogP contribution < -0.4 is 20.3 Å². The second kappa shape index (κ2) is 9.00. The van der Waals surface area contributed by atoms with Gasteiger partial charge >= 0.3 is 0 Å². The van der Waals surface area contributed by atoms with Crippen molar-refractivity contribution in [2.45, 2.75) is 0 Å². The first-order valence-corrected chi connectivity index (χ1v) is 10.2. The number of methoxy groups -OCH3 is 1. The van der Waals surface area contributed by atoms with Crippen LogP contribution in [0.15, 0.2) is 82.1 Å². The number of nitrogens with zero attached hydrogens (tertiary/aromatic N) is 2. The van der Waals surface area contributed by atoms with Crippen molar-refractivity contribution in [3.8, 4) is 17.2 Å². The van der Waals surface area contributed by atoms with E-state index in [9.17, 15) is 4.79 Å². The third kappa shape index (κ3) is 4.16.